The smallest absolute Gasteiger partial charge is 0.137 e. The number of hydrogen-bond donors (Lipinski definition) is 0. The van der Waals surface area contributed by atoms with E-state index in [4.69, 9.17) is 16.3 Å². The summed E-state index contributed by atoms with van der Waals surface area (Å²) in [6.45, 7) is 4.17. The van der Waals surface area contributed by atoms with Crippen molar-refractivity contribution in [1.82, 2.24) is 9.88 Å². The summed E-state index contributed by atoms with van der Waals surface area (Å²) in [5.74, 6) is 2.56. The molecule has 2 atom stereocenters. The molecule has 1 aromatic carbocycles. The number of likely N-dealkylation sites (tertiary alicyclic amines) is 1. The number of pyridine rings is 1. The number of aromatic nitrogens is 1. The summed E-state index contributed by atoms with van der Waals surface area (Å²) in [6, 6.07) is 12.7. The van der Waals surface area contributed by atoms with Crippen molar-refractivity contribution >= 4 is 17.4 Å². The summed E-state index contributed by atoms with van der Waals surface area (Å²) in [7, 11) is 1.67. The van der Waals surface area contributed by atoms with Gasteiger partial charge in [0, 0.05) is 31.9 Å². The van der Waals surface area contributed by atoms with E-state index in [1.807, 2.05) is 24.4 Å². The number of ether oxygens (including phenoxy) is 1. The van der Waals surface area contributed by atoms with Crippen LogP contribution in [0.1, 0.15) is 12.0 Å². The number of nitrogens with zero attached hydrogens (tertiary/aromatic N) is 3. The number of methoxy groups -OCH3 is 1. The molecule has 0 spiro atoms. The van der Waals surface area contributed by atoms with Gasteiger partial charge in [-0.2, -0.15) is 0 Å². The predicted octanol–water partition coefficient (Wildman–Crippen LogP) is 3.45. The van der Waals surface area contributed by atoms with Gasteiger partial charge in [0.1, 0.15) is 11.6 Å². The van der Waals surface area contributed by atoms with Crippen molar-refractivity contribution in [2.75, 3.05) is 31.6 Å². The standard InChI is InChI=1S/C19H22ClN3O/c1-24-17-6-4-5-15(19(17)20)12-22-10-8-14-11-23(13-16(14)22)18-7-2-3-9-21-18/h2-7,9,14,16H,8,10-13H2,1H3. The van der Waals surface area contributed by atoms with Gasteiger partial charge >= 0.3 is 0 Å². The molecule has 0 saturated carbocycles. The zero-order valence-corrected chi connectivity index (χ0v) is 14.6. The number of halogens is 1. The van der Waals surface area contributed by atoms with E-state index in [0.29, 0.717) is 6.04 Å². The van der Waals surface area contributed by atoms with Gasteiger partial charge in [-0.25, -0.2) is 4.98 Å². The second-order valence-corrected chi connectivity index (χ2v) is 6.99. The SMILES string of the molecule is COc1cccc(CN2CCC3CN(c4ccccn4)CC32)c1Cl. The second kappa shape index (κ2) is 6.61. The monoisotopic (exact) mass is 343 g/mol. The van der Waals surface area contributed by atoms with Crippen LogP contribution in [0.5, 0.6) is 5.75 Å². The average molecular weight is 344 g/mol. The van der Waals surface area contributed by atoms with E-state index in [1.54, 1.807) is 7.11 Å². The van der Waals surface area contributed by atoms with Crippen molar-refractivity contribution in [3.8, 4) is 5.75 Å². The normalized spacial score (nSPS) is 23.5. The molecular weight excluding hydrogens is 322 g/mol. The first-order valence-electron chi connectivity index (χ1n) is 8.47. The van der Waals surface area contributed by atoms with E-state index in [0.717, 1.165) is 54.3 Å². The highest BCUT2D eigenvalue weighted by Gasteiger charge is 2.41. The molecule has 126 valence electrons. The van der Waals surface area contributed by atoms with Gasteiger partial charge in [0.2, 0.25) is 0 Å². The maximum absolute atomic E-state index is 6.48. The summed E-state index contributed by atoms with van der Waals surface area (Å²) in [6.07, 6.45) is 3.12. The maximum Gasteiger partial charge on any atom is 0.137 e. The van der Waals surface area contributed by atoms with Crippen LogP contribution in [0, 0.1) is 5.92 Å². The van der Waals surface area contributed by atoms with Crippen LogP contribution in [0.4, 0.5) is 5.82 Å². The molecule has 0 aliphatic carbocycles. The average Bonchev–Trinajstić information content (AvgIpc) is 3.19. The molecule has 2 saturated heterocycles. The molecule has 2 aromatic rings. The lowest BCUT2D eigenvalue weighted by Gasteiger charge is -2.25. The van der Waals surface area contributed by atoms with Crippen LogP contribution in [0.25, 0.3) is 0 Å². The Bertz CT molecular complexity index is 709. The van der Waals surface area contributed by atoms with Crippen LogP contribution >= 0.6 is 11.6 Å². The third-order valence-corrected chi connectivity index (χ3v) is 5.70. The summed E-state index contributed by atoms with van der Waals surface area (Å²) in [5, 5.41) is 0.739. The zero-order valence-electron chi connectivity index (χ0n) is 13.9. The molecule has 2 aliphatic heterocycles. The van der Waals surface area contributed by atoms with Crippen molar-refractivity contribution in [2.45, 2.75) is 19.0 Å². The molecular formula is C19H22ClN3O. The summed E-state index contributed by atoms with van der Waals surface area (Å²) < 4.78 is 5.34. The van der Waals surface area contributed by atoms with Crippen molar-refractivity contribution in [1.29, 1.82) is 0 Å². The third-order valence-electron chi connectivity index (χ3n) is 5.27. The predicted molar refractivity (Wildman–Crippen MR) is 96.8 cm³/mol. The van der Waals surface area contributed by atoms with Crippen molar-refractivity contribution < 1.29 is 4.74 Å². The lowest BCUT2D eigenvalue weighted by molar-refractivity contribution is 0.245. The van der Waals surface area contributed by atoms with Gasteiger partial charge in [-0.15, -0.1) is 0 Å². The summed E-state index contributed by atoms with van der Waals surface area (Å²) in [4.78, 5) is 9.48. The number of benzene rings is 1. The highest BCUT2D eigenvalue weighted by Crippen LogP contribution is 2.36. The van der Waals surface area contributed by atoms with Crippen LogP contribution in [0.3, 0.4) is 0 Å². The minimum absolute atomic E-state index is 0.578. The molecule has 4 nitrogen and oxygen atoms in total. The Morgan fingerprint density at radius 3 is 2.92 bits per heavy atom. The lowest BCUT2D eigenvalue weighted by atomic mass is 10.0. The Morgan fingerprint density at radius 2 is 2.12 bits per heavy atom. The van der Waals surface area contributed by atoms with Crippen LogP contribution < -0.4 is 9.64 Å². The Kier molecular flexibility index (Phi) is 4.33. The van der Waals surface area contributed by atoms with Crippen LogP contribution in [-0.4, -0.2) is 42.7 Å². The molecule has 24 heavy (non-hydrogen) atoms. The van der Waals surface area contributed by atoms with Gasteiger partial charge in [0.15, 0.2) is 0 Å². The fourth-order valence-electron chi connectivity index (χ4n) is 4.03. The molecule has 0 amide bonds. The van der Waals surface area contributed by atoms with E-state index in [1.165, 1.54) is 6.42 Å². The van der Waals surface area contributed by atoms with E-state index < -0.39 is 0 Å². The zero-order chi connectivity index (χ0) is 16.5. The molecule has 2 aliphatic rings. The van der Waals surface area contributed by atoms with Crippen LogP contribution in [0.15, 0.2) is 42.6 Å². The summed E-state index contributed by atoms with van der Waals surface area (Å²) in [5.41, 5.74) is 1.15. The first kappa shape index (κ1) is 15.7. The first-order chi connectivity index (χ1) is 11.8. The van der Waals surface area contributed by atoms with Crippen molar-refractivity contribution in [2.24, 2.45) is 5.92 Å². The minimum atomic E-state index is 0.578. The first-order valence-corrected chi connectivity index (χ1v) is 8.85. The molecule has 5 heteroatoms. The molecule has 2 fully saturated rings. The topological polar surface area (TPSA) is 28.6 Å². The fourth-order valence-corrected chi connectivity index (χ4v) is 4.29. The molecule has 0 radical (unpaired) electrons. The van der Waals surface area contributed by atoms with E-state index >= 15 is 0 Å². The van der Waals surface area contributed by atoms with Crippen molar-refractivity contribution in [3.63, 3.8) is 0 Å². The van der Waals surface area contributed by atoms with E-state index in [-0.39, 0.29) is 0 Å². The number of rotatable bonds is 4. The molecule has 0 bridgehead atoms. The summed E-state index contributed by atoms with van der Waals surface area (Å²) >= 11 is 6.48. The Balaban J connectivity index is 1.49. The van der Waals surface area contributed by atoms with Gasteiger partial charge in [-0.1, -0.05) is 29.8 Å². The second-order valence-electron chi connectivity index (χ2n) is 6.61. The van der Waals surface area contributed by atoms with Gasteiger partial charge in [0.25, 0.3) is 0 Å². The van der Waals surface area contributed by atoms with E-state index in [9.17, 15) is 0 Å². The van der Waals surface area contributed by atoms with Gasteiger partial charge in [-0.05, 0) is 42.6 Å². The third kappa shape index (κ3) is 2.85. The highest BCUT2D eigenvalue weighted by molar-refractivity contribution is 6.32. The van der Waals surface area contributed by atoms with Gasteiger partial charge in [0.05, 0.1) is 12.1 Å². The molecule has 3 heterocycles. The molecule has 1 aromatic heterocycles. The largest absolute Gasteiger partial charge is 0.495 e. The molecule has 0 N–H and O–H groups in total. The quantitative estimate of drug-likeness (QED) is 0.850. The number of anilines is 1. The van der Waals surface area contributed by atoms with Crippen LogP contribution in [-0.2, 0) is 6.54 Å². The lowest BCUT2D eigenvalue weighted by Crippen LogP contribution is -2.35. The van der Waals surface area contributed by atoms with E-state index in [2.05, 4.69) is 33.0 Å². The number of hydrogen-bond acceptors (Lipinski definition) is 4. The Morgan fingerprint density at radius 1 is 1.21 bits per heavy atom. The van der Waals surface area contributed by atoms with Gasteiger partial charge < -0.3 is 9.64 Å². The van der Waals surface area contributed by atoms with Crippen molar-refractivity contribution in [3.05, 3.63) is 53.2 Å². The highest BCUT2D eigenvalue weighted by atomic mass is 35.5. The minimum Gasteiger partial charge on any atom is -0.495 e. The fraction of sp³-hybridized carbons (Fsp3) is 0.421. The Labute approximate surface area is 148 Å². The number of fused-ring (bicyclic) bond motifs is 1. The molecule has 4 rings (SSSR count). The molecule has 2 unspecified atom stereocenters. The Hall–Kier alpha value is -1.78. The maximum atomic E-state index is 6.48. The van der Waals surface area contributed by atoms with Gasteiger partial charge in [-0.3, -0.25) is 4.90 Å². The van der Waals surface area contributed by atoms with Crippen LogP contribution in [0.2, 0.25) is 5.02 Å².